The molecule has 110 valence electrons. The number of aromatic nitrogens is 1. The third-order valence-corrected chi connectivity index (χ3v) is 3.05. The summed E-state index contributed by atoms with van der Waals surface area (Å²) in [4.78, 5) is 15.5. The van der Waals surface area contributed by atoms with Gasteiger partial charge >= 0.3 is 0 Å². The molecule has 1 aromatic heterocycles. The number of nitrogens with zero attached hydrogens (tertiary/aromatic N) is 1. The number of hydrogen-bond acceptors (Lipinski definition) is 6. The van der Waals surface area contributed by atoms with E-state index < -0.39 is 0 Å². The number of phenolic OH excluding ortho intramolecular Hbond substituents is 1. The predicted octanol–water partition coefficient (Wildman–Crippen LogP) is 2.29. The number of carbonyl (C=O) groups is 1. The van der Waals surface area contributed by atoms with Gasteiger partial charge in [0, 0.05) is 17.2 Å². The molecule has 0 unspecified atom stereocenters. The molecular weight excluding hydrogens is 274 g/mol. The van der Waals surface area contributed by atoms with Gasteiger partial charge in [-0.2, -0.15) is 4.98 Å². The van der Waals surface area contributed by atoms with Gasteiger partial charge in [0.05, 0.1) is 26.9 Å². The lowest BCUT2D eigenvalue weighted by Gasteiger charge is -2.13. The Kier molecular flexibility index (Phi) is 4.27. The van der Waals surface area contributed by atoms with E-state index in [1.165, 1.54) is 21.3 Å². The lowest BCUT2D eigenvalue weighted by molar-refractivity contribution is 0.112. The highest BCUT2D eigenvalue weighted by atomic mass is 16.5. The number of aromatic hydroxyl groups is 1. The molecule has 1 N–H and O–H groups in total. The van der Waals surface area contributed by atoms with E-state index in [4.69, 9.17) is 14.2 Å². The number of phenols is 1. The van der Waals surface area contributed by atoms with Crippen LogP contribution in [0, 0.1) is 0 Å². The largest absolute Gasteiger partial charge is 0.504 e. The number of hydrogen-bond donors (Lipinski definition) is 1. The third-order valence-electron chi connectivity index (χ3n) is 3.05. The molecule has 2 rings (SSSR count). The van der Waals surface area contributed by atoms with Gasteiger partial charge in [0.1, 0.15) is 0 Å². The van der Waals surface area contributed by atoms with Crippen LogP contribution in [0.15, 0.2) is 24.3 Å². The fourth-order valence-corrected chi connectivity index (χ4v) is 2.00. The quantitative estimate of drug-likeness (QED) is 0.851. The Morgan fingerprint density at radius 2 is 1.71 bits per heavy atom. The first-order chi connectivity index (χ1) is 10.2. The smallest absolute Gasteiger partial charge is 0.224 e. The van der Waals surface area contributed by atoms with Crippen LogP contribution in [0.2, 0.25) is 0 Å². The molecule has 21 heavy (non-hydrogen) atoms. The second-order valence-electron chi connectivity index (χ2n) is 4.11. The molecular formula is C15H15NO5. The first kappa shape index (κ1) is 14.6. The van der Waals surface area contributed by atoms with E-state index >= 15 is 0 Å². The lowest BCUT2D eigenvalue weighted by Crippen LogP contribution is -1.98. The van der Waals surface area contributed by atoms with Crippen molar-refractivity contribution < 1.29 is 24.1 Å². The number of aldehydes is 1. The van der Waals surface area contributed by atoms with Crippen LogP contribution < -0.4 is 14.2 Å². The molecule has 6 nitrogen and oxygen atoms in total. The zero-order valence-corrected chi connectivity index (χ0v) is 11.9. The maximum Gasteiger partial charge on any atom is 0.224 e. The van der Waals surface area contributed by atoms with Crippen molar-refractivity contribution in [2.45, 2.75) is 0 Å². The summed E-state index contributed by atoms with van der Waals surface area (Å²) in [6.45, 7) is 0. The van der Waals surface area contributed by atoms with Crippen LogP contribution in [-0.2, 0) is 0 Å². The zero-order chi connectivity index (χ0) is 15.4. The molecule has 0 aliphatic rings. The van der Waals surface area contributed by atoms with Gasteiger partial charge < -0.3 is 19.3 Å². The molecule has 0 radical (unpaired) electrons. The van der Waals surface area contributed by atoms with Gasteiger partial charge in [-0.15, -0.1) is 0 Å². The minimum atomic E-state index is -0.220. The molecule has 0 saturated carbocycles. The lowest BCUT2D eigenvalue weighted by atomic mass is 10.00. The summed E-state index contributed by atoms with van der Waals surface area (Å²) in [5.74, 6) is 0.687. The van der Waals surface area contributed by atoms with E-state index in [0.29, 0.717) is 29.2 Å². The van der Waals surface area contributed by atoms with E-state index in [2.05, 4.69) is 4.98 Å². The molecule has 0 aliphatic carbocycles. The minimum Gasteiger partial charge on any atom is -0.504 e. The molecule has 0 fully saturated rings. The molecule has 2 aromatic rings. The van der Waals surface area contributed by atoms with E-state index in [1.54, 1.807) is 24.3 Å². The number of rotatable bonds is 5. The SMILES string of the molecule is COc1ccc(-c2ccc(OC)c(O)c2C=O)c(OC)n1. The third kappa shape index (κ3) is 2.60. The van der Waals surface area contributed by atoms with E-state index in [0.717, 1.165) is 0 Å². The summed E-state index contributed by atoms with van der Waals surface area (Å²) in [5, 5.41) is 10.1. The van der Waals surface area contributed by atoms with Crippen molar-refractivity contribution in [3.8, 4) is 34.4 Å². The van der Waals surface area contributed by atoms with Gasteiger partial charge in [-0.05, 0) is 18.2 Å². The van der Waals surface area contributed by atoms with E-state index in [-0.39, 0.29) is 17.1 Å². The van der Waals surface area contributed by atoms with Gasteiger partial charge in [0.15, 0.2) is 17.8 Å². The minimum absolute atomic E-state index is 0.111. The maximum atomic E-state index is 11.3. The van der Waals surface area contributed by atoms with Gasteiger partial charge in [0.25, 0.3) is 0 Å². The highest BCUT2D eigenvalue weighted by molar-refractivity contribution is 5.93. The second-order valence-corrected chi connectivity index (χ2v) is 4.11. The molecule has 0 aliphatic heterocycles. The molecule has 0 amide bonds. The summed E-state index contributed by atoms with van der Waals surface area (Å²) < 4.78 is 15.2. The monoisotopic (exact) mass is 289 g/mol. The van der Waals surface area contributed by atoms with Crippen molar-refractivity contribution in [2.75, 3.05) is 21.3 Å². The van der Waals surface area contributed by atoms with Crippen LogP contribution in [0.4, 0.5) is 0 Å². The van der Waals surface area contributed by atoms with Gasteiger partial charge in [0.2, 0.25) is 11.8 Å². The zero-order valence-electron chi connectivity index (χ0n) is 11.9. The Morgan fingerprint density at radius 1 is 1.00 bits per heavy atom. The fraction of sp³-hybridized carbons (Fsp3) is 0.200. The number of carbonyl (C=O) groups excluding carboxylic acids is 1. The number of methoxy groups -OCH3 is 3. The van der Waals surface area contributed by atoms with Crippen LogP contribution >= 0.6 is 0 Å². The summed E-state index contributed by atoms with van der Waals surface area (Å²) in [7, 11) is 4.38. The first-order valence-corrected chi connectivity index (χ1v) is 6.10. The van der Waals surface area contributed by atoms with Crippen LogP contribution in [0.3, 0.4) is 0 Å². The fourth-order valence-electron chi connectivity index (χ4n) is 2.00. The predicted molar refractivity (Wildman–Crippen MR) is 76.4 cm³/mol. The highest BCUT2D eigenvalue weighted by Crippen LogP contribution is 2.39. The van der Waals surface area contributed by atoms with Crippen LogP contribution in [0.25, 0.3) is 11.1 Å². The normalized spacial score (nSPS) is 10.0. The van der Waals surface area contributed by atoms with Crippen molar-refractivity contribution in [3.05, 3.63) is 29.8 Å². The van der Waals surface area contributed by atoms with Crippen molar-refractivity contribution >= 4 is 6.29 Å². The maximum absolute atomic E-state index is 11.3. The van der Waals surface area contributed by atoms with Gasteiger partial charge in [-0.3, -0.25) is 4.79 Å². The van der Waals surface area contributed by atoms with E-state index in [9.17, 15) is 9.90 Å². The molecule has 0 bridgehead atoms. The molecule has 1 heterocycles. The Hall–Kier alpha value is -2.76. The molecule has 0 atom stereocenters. The molecule has 6 heteroatoms. The first-order valence-electron chi connectivity index (χ1n) is 6.10. The topological polar surface area (TPSA) is 77.9 Å². The average molecular weight is 289 g/mol. The number of ether oxygens (including phenoxy) is 3. The van der Waals surface area contributed by atoms with Crippen molar-refractivity contribution in [1.29, 1.82) is 0 Å². The standard InChI is InChI=1S/C15H15NO5/c1-19-12-6-4-9(11(8-17)14(12)18)10-5-7-13(20-2)16-15(10)21-3/h4-8,18H,1-3H3. The second kappa shape index (κ2) is 6.13. The summed E-state index contributed by atoms with van der Waals surface area (Å²) in [6.07, 6.45) is 0.566. The van der Waals surface area contributed by atoms with Crippen LogP contribution in [-0.4, -0.2) is 37.7 Å². The molecule has 1 aromatic carbocycles. The van der Waals surface area contributed by atoms with Crippen molar-refractivity contribution in [2.24, 2.45) is 0 Å². The number of benzene rings is 1. The Bertz CT molecular complexity index is 669. The summed E-state index contributed by atoms with van der Waals surface area (Å²) in [5.41, 5.74) is 1.17. The van der Waals surface area contributed by atoms with Crippen molar-refractivity contribution in [3.63, 3.8) is 0 Å². The molecule has 0 spiro atoms. The van der Waals surface area contributed by atoms with Gasteiger partial charge in [-0.25, -0.2) is 0 Å². The Labute approximate surface area is 121 Å². The summed E-state index contributed by atoms with van der Waals surface area (Å²) in [6, 6.07) is 6.59. The van der Waals surface area contributed by atoms with Crippen molar-refractivity contribution in [1.82, 2.24) is 4.98 Å². The average Bonchev–Trinajstić information content (AvgIpc) is 2.53. The van der Waals surface area contributed by atoms with Gasteiger partial charge in [-0.1, -0.05) is 0 Å². The van der Waals surface area contributed by atoms with E-state index in [1.807, 2.05) is 0 Å². The number of pyridine rings is 1. The Balaban J connectivity index is 2.67. The highest BCUT2D eigenvalue weighted by Gasteiger charge is 2.18. The summed E-state index contributed by atoms with van der Waals surface area (Å²) >= 11 is 0. The van der Waals surface area contributed by atoms with Crippen LogP contribution in [0.5, 0.6) is 23.3 Å². The molecule has 0 saturated heterocycles. The van der Waals surface area contributed by atoms with Crippen LogP contribution in [0.1, 0.15) is 10.4 Å². The Morgan fingerprint density at radius 3 is 2.29 bits per heavy atom.